The molecule has 104 valence electrons. The normalized spacial score (nSPS) is 41.8. The summed E-state index contributed by atoms with van der Waals surface area (Å²) in [5.74, 6) is 0. The molecule has 0 aromatic rings. The quantitative estimate of drug-likeness (QED) is 0.816. The van der Waals surface area contributed by atoms with E-state index in [4.69, 9.17) is 15.2 Å². The van der Waals surface area contributed by atoms with Crippen LogP contribution in [0.3, 0.4) is 0 Å². The van der Waals surface area contributed by atoms with E-state index in [9.17, 15) is 0 Å². The molecule has 0 aromatic heterocycles. The van der Waals surface area contributed by atoms with Crippen molar-refractivity contribution in [3.05, 3.63) is 0 Å². The molecule has 2 saturated heterocycles. The van der Waals surface area contributed by atoms with Crippen LogP contribution < -0.4 is 5.73 Å². The molecule has 18 heavy (non-hydrogen) atoms. The van der Waals surface area contributed by atoms with Crippen LogP contribution >= 0.6 is 0 Å². The van der Waals surface area contributed by atoms with Gasteiger partial charge in [-0.15, -0.1) is 0 Å². The maximum atomic E-state index is 6.02. The van der Waals surface area contributed by atoms with Crippen LogP contribution in [0.25, 0.3) is 0 Å². The first-order valence-electron chi connectivity index (χ1n) is 7.46. The summed E-state index contributed by atoms with van der Waals surface area (Å²) in [7, 11) is 0. The molecule has 3 unspecified atom stereocenters. The molecule has 4 nitrogen and oxygen atoms in total. The van der Waals surface area contributed by atoms with Gasteiger partial charge >= 0.3 is 0 Å². The third-order valence-electron chi connectivity index (χ3n) is 5.00. The molecular formula is C14H26N2O2. The lowest BCUT2D eigenvalue weighted by molar-refractivity contribution is -0.0985. The van der Waals surface area contributed by atoms with Crippen LogP contribution in [-0.4, -0.2) is 56.5 Å². The zero-order chi connectivity index (χ0) is 12.4. The van der Waals surface area contributed by atoms with Crippen molar-refractivity contribution < 1.29 is 9.47 Å². The number of rotatable bonds is 3. The van der Waals surface area contributed by atoms with Crippen molar-refractivity contribution in [3.8, 4) is 0 Å². The summed E-state index contributed by atoms with van der Waals surface area (Å²) in [6.45, 7) is 5.55. The second-order valence-corrected chi connectivity index (χ2v) is 6.24. The van der Waals surface area contributed by atoms with Crippen LogP contribution in [0.4, 0.5) is 0 Å². The largest absolute Gasteiger partial charge is 0.381 e. The lowest BCUT2D eigenvalue weighted by Crippen LogP contribution is -2.56. The van der Waals surface area contributed by atoms with Crippen molar-refractivity contribution in [2.75, 3.05) is 39.5 Å². The summed E-state index contributed by atoms with van der Waals surface area (Å²) in [5.41, 5.74) is 6.22. The molecule has 1 aliphatic carbocycles. The van der Waals surface area contributed by atoms with E-state index in [1.54, 1.807) is 0 Å². The van der Waals surface area contributed by atoms with Crippen molar-refractivity contribution in [1.29, 1.82) is 0 Å². The van der Waals surface area contributed by atoms with Crippen LogP contribution in [-0.2, 0) is 9.47 Å². The van der Waals surface area contributed by atoms with Gasteiger partial charge in [0.2, 0.25) is 0 Å². The Hall–Kier alpha value is -0.160. The first-order valence-corrected chi connectivity index (χ1v) is 7.46. The van der Waals surface area contributed by atoms with Crippen LogP contribution in [0.15, 0.2) is 0 Å². The topological polar surface area (TPSA) is 47.7 Å². The molecule has 0 bridgehead atoms. The molecular weight excluding hydrogens is 228 g/mol. The van der Waals surface area contributed by atoms with E-state index < -0.39 is 0 Å². The maximum absolute atomic E-state index is 6.02. The third-order valence-corrected chi connectivity index (χ3v) is 5.00. The highest BCUT2D eigenvalue weighted by molar-refractivity contribution is 4.93. The summed E-state index contributed by atoms with van der Waals surface area (Å²) in [4.78, 5) is 2.65. The molecule has 3 aliphatic rings. The summed E-state index contributed by atoms with van der Waals surface area (Å²) in [5, 5.41) is 0. The van der Waals surface area contributed by atoms with Gasteiger partial charge in [-0.05, 0) is 19.3 Å². The summed E-state index contributed by atoms with van der Waals surface area (Å²) in [6.07, 6.45) is 6.83. The Balaban J connectivity index is 1.66. The van der Waals surface area contributed by atoms with E-state index >= 15 is 0 Å². The molecule has 0 spiro atoms. The van der Waals surface area contributed by atoms with Gasteiger partial charge in [0.25, 0.3) is 0 Å². The third kappa shape index (κ3) is 2.44. The van der Waals surface area contributed by atoms with E-state index in [-0.39, 0.29) is 5.41 Å². The van der Waals surface area contributed by atoms with E-state index in [1.165, 1.54) is 25.7 Å². The Morgan fingerprint density at radius 1 is 1.22 bits per heavy atom. The van der Waals surface area contributed by atoms with E-state index in [2.05, 4.69) is 4.90 Å². The molecule has 3 rings (SSSR count). The smallest absolute Gasteiger partial charge is 0.0730 e. The minimum Gasteiger partial charge on any atom is -0.381 e. The van der Waals surface area contributed by atoms with Gasteiger partial charge in [-0.1, -0.05) is 12.8 Å². The maximum Gasteiger partial charge on any atom is 0.0730 e. The molecule has 0 radical (unpaired) electrons. The minimum atomic E-state index is 0.208. The van der Waals surface area contributed by atoms with Gasteiger partial charge in [0, 0.05) is 37.7 Å². The summed E-state index contributed by atoms with van der Waals surface area (Å²) in [6, 6.07) is 0.636. The Bertz CT molecular complexity index is 277. The highest BCUT2D eigenvalue weighted by atomic mass is 16.5. The molecule has 2 aliphatic heterocycles. The second-order valence-electron chi connectivity index (χ2n) is 6.24. The van der Waals surface area contributed by atoms with Gasteiger partial charge < -0.3 is 15.2 Å². The fraction of sp³-hybridized carbons (Fsp3) is 1.00. The first kappa shape index (κ1) is 12.9. The number of ether oxygens (including phenoxy) is 2. The number of hydrogen-bond acceptors (Lipinski definition) is 4. The predicted octanol–water partition coefficient (Wildman–Crippen LogP) is 0.995. The van der Waals surface area contributed by atoms with Crippen LogP contribution in [0, 0.1) is 5.41 Å². The fourth-order valence-electron chi connectivity index (χ4n) is 3.80. The lowest BCUT2D eigenvalue weighted by atomic mass is 9.84. The van der Waals surface area contributed by atoms with Gasteiger partial charge in [0.05, 0.1) is 19.3 Å². The molecule has 2 N–H and O–H groups in total. The predicted molar refractivity (Wildman–Crippen MR) is 70.5 cm³/mol. The first-order chi connectivity index (χ1) is 8.83. The average Bonchev–Trinajstić information content (AvgIpc) is 2.88. The highest BCUT2D eigenvalue weighted by Crippen LogP contribution is 2.34. The molecule has 3 atom stereocenters. The molecule has 0 amide bonds. The van der Waals surface area contributed by atoms with E-state index in [1.807, 2.05) is 0 Å². The molecule has 0 aromatic carbocycles. The van der Waals surface area contributed by atoms with Crippen LogP contribution in [0.5, 0.6) is 0 Å². The van der Waals surface area contributed by atoms with Crippen molar-refractivity contribution in [1.82, 2.24) is 4.90 Å². The zero-order valence-corrected chi connectivity index (χ0v) is 11.3. The van der Waals surface area contributed by atoms with Gasteiger partial charge in [0.1, 0.15) is 0 Å². The monoisotopic (exact) mass is 254 g/mol. The lowest BCUT2D eigenvalue weighted by Gasteiger charge is -2.46. The fourth-order valence-corrected chi connectivity index (χ4v) is 3.80. The SMILES string of the molecule is NCC1(CN2CCOC3CCCCC32)CCOC1. The van der Waals surface area contributed by atoms with Gasteiger partial charge in [-0.3, -0.25) is 4.90 Å². The Morgan fingerprint density at radius 2 is 2.11 bits per heavy atom. The number of nitrogens with two attached hydrogens (primary N) is 1. The van der Waals surface area contributed by atoms with Crippen molar-refractivity contribution in [2.24, 2.45) is 11.1 Å². The minimum absolute atomic E-state index is 0.208. The van der Waals surface area contributed by atoms with E-state index in [0.717, 1.165) is 45.9 Å². The Morgan fingerprint density at radius 3 is 2.89 bits per heavy atom. The number of morpholine rings is 1. The van der Waals surface area contributed by atoms with Crippen molar-refractivity contribution >= 4 is 0 Å². The number of fused-ring (bicyclic) bond motifs is 1. The Kier molecular flexibility index (Phi) is 3.89. The standard InChI is InChI=1S/C14H26N2O2/c15-9-14(5-7-17-11-14)10-16-6-8-18-13-4-2-1-3-12(13)16/h12-13H,1-11,15H2. The molecule has 4 heteroatoms. The number of nitrogens with zero attached hydrogens (tertiary/aromatic N) is 1. The number of hydrogen-bond donors (Lipinski definition) is 1. The Labute approximate surface area is 110 Å². The van der Waals surface area contributed by atoms with Gasteiger partial charge in [-0.25, -0.2) is 0 Å². The van der Waals surface area contributed by atoms with Crippen molar-refractivity contribution in [3.63, 3.8) is 0 Å². The van der Waals surface area contributed by atoms with Crippen LogP contribution in [0.2, 0.25) is 0 Å². The van der Waals surface area contributed by atoms with Gasteiger partial charge in [0.15, 0.2) is 0 Å². The molecule has 1 saturated carbocycles. The summed E-state index contributed by atoms with van der Waals surface area (Å²) >= 11 is 0. The zero-order valence-electron chi connectivity index (χ0n) is 11.3. The molecule has 3 fully saturated rings. The summed E-state index contributed by atoms with van der Waals surface area (Å²) < 4.78 is 11.5. The van der Waals surface area contributed by atoms with Crippen molar-refractivity contribution in [2.45, 2.75) is 44.2 Å². The molecule has 2 heterocycles. The van der Waals surface area contributed by atoms with Crippen LogP contribution in [0.1, 0.15) is 32.1 Å². The average molecular weight is 254 g/mol. The van der Waals surface area contributed by atoms with Gasteiger partial charge in [-0.2, -0.15) is 0 Å². The second kappa shape index (κ2) is 5.45. The van der Waals surface area contributed by atoms with E-state index in [0.29, 0.717) is 12.1 Å². The highest BCUT2D eigenvalue weighted by Gasteiger charge is 2.41.